The fourth-order valence-corrected chi connectivity index (χ4v) is 2.75. The van der Waals surface area contributed by atoms with Gasteiger partial charge in [0, 0.05) is 10.6 Å². The summed E-state index contributed by atoms with van der Waals surface area (Å²) in [6.45, 7) is 0. The lowest BCUT2D eigenvalue weighted by Crippen LogP contribution is -2.25. The number of amides is 1. The molecule has 0 fully saturated rings. The first-order valence-corrected chi connectivity index (χ1v) is 5.22. The molecule has 0 bridgehead atoms. The van der Waals surface area contributed by atoms with Crippen molar-refractivity contribution in [2.24, 2.45) is 0 Å². The number of nitrogens with zero attached hydrogens (tertiary/aromatic N) is 1. The highest BCUT2D eigenvalue weighted by Gasteiger charge is 2.28. The highest BCUT2D eigenvalue weighted by atomic mass is 32.2. The molecule has 0 saturated heterocycles. The Labute approximate surface area is 86.1 Å². The van der Waals surface area contributed by atoms with E-state index in [1.54, 1.807) is 18.0 Å². The van der Waals surface area contributed by atoms with E-state index < -0.39 is 0 Å². The summed E-state index contributed by atoms with van der Waals surface area (Å²) in [5, 5.41) is 10.5. The summed E-state index contributed by atoms with van der Waals surface area (Å²) >= 11 is 1.66. The normalized spacial score (nSPS) is 18.4. The third-order valence-electron chi connectivity index (χ3n) is 2.20. The van der Waals surface area contributed by atoms with Crippen molar-refractivity contribution in [2.45, 2.75) is 10.8 Å². The summed E-state index contributed by atoms with van der Waals surface area (Å²) in [7, 11) is 0. The van der Waals surface area contributed by atoms with Crippen LogP contribution in [-0.4, -0.2) is 11.7 Å². The van der Waals surface area contributed by atoms with Gasteiger partial charge >= 0.3 is 0 Å². The molecule has 0 aliphatic carbocycles. The second-order valence-corrected chi connectivity index (χ2v) is 4.06. The lowest BCUT2D eigenvalue weighted by atomic mass is 10.0. The number of nitrogens with one attached hydrogen (secondary N) is 1. The molecule has 1 aliphatic heterocycles. The summed E-state index contributed by atoms with van der Waals surface area (Å²) in [5.74, 6) is 0.355. The molecule has 1 N–H and O–H groups in total. The van der Waals surface area contributed by atoms with E-state index >= 15 is 0 Å². The van der Waals surface area contributed by atoms with Crippen molar-refractivity contribution < 1.29 is 4.79 Å². The maximum atomic E-state index is 11.5. The number of carbonyl (C=O) groups is 1. The monoisotopic (exact) mass is 204 g/mol. The fraction of sp³-hybridized carbons (Fsp3) is 0.200. The minimum atomic E-state index is -0.204. The van der Waals surface area contributed by atoms with Gasteiger partial charge in [0.2, 0.25) is 5.91 Å². The second kappa shape index (κ2) is 3.72. The van der Waals surface area contributed by atoms with Crippen molar-refractivity contribution >= 4 is 17.7 Å². The van der Waals surface area contributed by atoms with Crippen LogP contribution in [0, 0.1) is 11.5 Å². The molecule has 3 nitrogen and oxygen atoms in total. The molecule has 1 amide bonds. The Kier molecular flexibility index (Phi) is 2.42. The zero-order valence-electron chi connectivity index (χ0n) is 7.36. The molecule has 1 aromatic carbocycles. The maximum Gasteiger partial charge on any atom is 0.241 e. The highest BCUT2D eigenvalue weighted by Crippen LogP contribution is 2.39. The number of thioether (sulfide) groups is 1. The SMILES string of the molecule is N#CNC(=O)C1CSc2ccccc21. The summed E-state index contributed by atoms with van der Waals surface area (Å²) < 4.78 is 0. The zero-order valence-corrected chi connectivity index (χ0v) is 8.17. The fourth-order valence-electron chi connectivity index (χ4n) is 1.52. The average molecular weight is 204 g/mol. The summed E-state index contributed by atoms with van der Waals surface area (Å²) in [6, 6.07) is 7.81. The van der Waals surface area contributed by atoms with E-state index in [1.807, 2.05) is 24.3 Å². The van der Waals surface area contributed by atoms with Crippen LogP contribution >= 0.6 is 11.8 Å². The highest BCUT2D eigenvalue weighted by molar-refractivity contribution is 7.99. The number of rotatable bonds is 1. The number of hydrogen-bond acceptors (Lipinski definition) is 3. The number of carbonyl (C=O) groups excluding carboxylic acids is 1. The second-order valence-electron chi connectivity index (χ2n) is 3.00. The van der Waals surface area contributed by atoms with Crippen molar-refractivity contribution in [1.29, 1.82) is 5.26 Å². The molecule has 1 heterocycles. The predicted octanol–water partition coefficient (Wildman–Crippen LogP) is 1.47. The van der Waals surface area contributed by atoms with Crippen LogP contribution in [0.5, 0.6) is 0 Å². The van der Waals surface area contributed by atoms with Crippen LogP contribution in [0.15, 0.2) is 29.2 Å². The first kappa shape index (κ1) is 9.10. The van der Waals surface area contributed by atoms with Crippen LogP contribution in [0.3, 0.4) is 0 Å². The minimum Gasteiger partial charge on any atom is -0.273 e. The Morgan fingerprint density at radius 1 is 1.57 bits per heavy atom. The average Bonchev–Trinajstić information content (AvgIpc) is 2.61. The van der Waals surface area contributed by atoms with Gasteiger partial charge in [-0.2, -0.15) is 5.26 Å². The molecule has 1 aliphatic rings. The van der Waals surface area contributed by atoms with Gasteiger partial charge in [0.1, 0.15) is 0 Å². The van der Waals surface area contributed by atoms with E-state index in [-0.39, 0.29) is 11.8 Å². The Hall–Kier alpha value is -1.47. The van der Waals surface area contributed by atoms with E-state index in [0.29, 0.717) is 0 Å². The Morgan fingerprint density at radius 3 is 3.14 bits per heavy atom. The standard InChI is InChI=1S/C10H8N2OS/c11-6-12-10(13)8-5-14-9-4-2-1-3-7(8)9/h1-4,8H,5H2,(H,12,13). The van der Waals surface area contributed by atoms with E-state index in [9.17, 15) is 4.79 Å². The van der Waals surface area contributed by atoms with E-state index in [0.717, 1.165) is 16.2 Å². The molecule has 1 unspecified atom stereocenters. The van der Waals surface area contributed by atoms with Crippen molar-refractivity contribution in [1.82, 2.24) is 5.32 Å². The van der Waals surface area contributed by atoms with Gasteiger partial charge in [-0.25, -0.2) is 0 Å². The van der Waals surface area contributed by atoms with Crippen molar-refractivity contribution in [3.63, 3.8) is 0 Å². The topological polar surface area (TPSA) is 52.9 Å². The van der Waals surface area contributed by atoms with Crippen LogP contribution in [0.1, 0.15) is 11.5 Å². The smallest absolute Gasteiger partial charge is 0.241 e. The van der Waals surface area contributed by atoms with Gasteiger partial charge in [0.05, 0.1) is 5.92 Å². The number of hydrogen-bond donors (Lipinski definition) is 1. The van der Waals surface area contributed by atoms with Crippen molar-refractivity contribution in [2.75, 3.05) is 5.75 Å². The molecule has 1 atom stereocenters. The van der Waals surface area contributed by atoms with Crippen LogP contribution in [0.4, 0.5) is 0 Å². The summed E-state index contributed by atoms with van der Waals surface area (Å²) in [5.41, 5.74) is 1.03. The molecule has 1 aromatic rings. The molecule has 2 rings (SSSR count). The lowest BCUT2D eigenvalue weighted by molar-refractivity contribution is -0.120. The third-order valence-corrected chi connectivity index (χ3v) is 3.38. The van der Waals surface area contributed by atoms with Crippen LogP contribution in [0.2, 0.25) is 0 Å². The Bertz CT molecular complexity index is 411. The van der Waals surface area contributed by atoms with Gasteiger partial charge in [-0.3, -0.25) is 10.1 Å². The van der Waals surface area contributed by atoms with Gasteiger partial charge in [0.25, 0.3) is 0 Å². The molecule has 14 heavy (non-hydrogen) atoms. The molecule has 0 saturated carbocycles. The zero-order chi connectivity index (χ0) is 9.97. The van der Waals surface area contributed by atoms with E-state index in [4.69, 9.17) is 5.26 Å². The number of fused-ring (bicyclic) bond motifs is 1. The van der Waals surface area contributed by atoms with E-state index in [1.165, 1.54) is 0 Å². The number of benzene rings is 1. The lowest BCUT2D eigenvalue weighted by Gasteiger charge is -2.06. The molecular formula is C10H8N2OS. The van der Waals surface area contributed by atoms with Gasteiger partial charge in [-0.1, -0.05) is 18.2 Å². The molecule has 4 heteroatoms. The quantitative estimate of drug-likeness (QED) is 0.556. The van der Waals surface area contributed by atoms with Gasteiger partial charge in [-0.05, 0) is 11.6 Å². The van der Waals surface area contributed by atoms with E-state index in [2.05, 4.69) is 5.32 Å². The van der Waals surface area contributed by atoms with Gasteiger partial charge in [0.15, 0.2) is 6.19 Å². The molecule has 0 spiro atoms. The summed E-state index contributed by atoms with van der Waals surface area (Å²) in [6.07, 6.45) is 1.67. The first-order chi connectivity index (χ1) is 6.83. The molecule has 0 radical (unpaired) electrons. The van der Waals surface area contributed by atoms with Gasteiger partial charge in [-0.15, -0.1) is 11.8 Å². The van der Waals surface area contributed by atoms with Crippen LogP contribution < -0.4 is 5.32 Å². The van der Waals surface area contributed by atoms with Crippen molar-refractivity contribution in [3.8, 4) is 6.19 Å². The molecule has 0 aromatic heterocycles. The Balaban J connectivity index is 2.27. The Morgan fingerprint density at radius 2 is 2.36 bits per heavy atom. The first-order valence-electron chi connectivity index (χ1n) is 4.23. The van der Waals surface area contributed by atoms with Crippen LogP contribution in [0.25, 0.3) is 0 Å². The number of nitriles is 1. The minimum absolute atomic E-state index is 0.171. The molecule has 70 valence electrons. The third kappa shape index (κ3) is 1.47. The summed E-state index contributed by atoms with van der Waals surface area (Å²) in [4.78, 5) is 12.6. The van der Waals surface area contributed by atoms with Crippen molar-refractivity contribution in [3.05, 3.63) is 29.8 Å². The predicted molar refractivity (Wildman–Crippen MR) is 53.7 cm³/mol. The molecular weight excluding hydrogens is 196 g/mol. The van der Waals surface area contributed by atoms with Gasteiger partial charge < -0.3 is 0 Å². The largest absolute Gasteiger partial charge is 0.273 e. The van der Waals surface area contributed by atoms with Crippen LogP contribution in [-0.2, 0) is 4.79 Å². The maximum absolute atomic E-state index is 11.5.